The molecule has 7 nitrogen and oxygen atoms in total. The van der Waals surface area contributed by atoms with Crippen molar-refractivity contribution in [2.75, 3.05) is 5.75 Å². The number of hydrogen-bond donors (Lipinski definition) is 2. The number of aliphatic hydroxyl groups excluding tert-OH is 1. The third-order valence-corrected chi connectivity index (χ3v) is 8.01. The van der Waals surface area contributed by atoms with Crippen LogP contribution in [0.3, 0.4) is 0 Å². The highest BCUT2D eigenvalue weighted by molar-refractivity contribution is 7.99. The molecule has 5 rings (SSSR count). The van der Waals surface area contributed by atoms with Crippen LogP contribution < -0.4 is 10.0 Å². The molecule has 0 unspecified atom stereocenters. The Morgan fingerprint density at radius 1 is 0.975 bits per heavy atom. The highest BCUT2D eigenvalue weighted by Crippen LogP contribution is 2.39. The molecule has 3 aromatic carbocycles. The molecule has 8 heteroatoms. The standard InChI is InChI=1S/C32H32N2O5S/c1-22(36)33-19-27-6-2-3-7-29(27)24-13-15-26(16-14-24)32-38-28(21-40-31-8-4-5-17-34(31)37)18-30(39-32)25-11-9-23(20-35)10-12-25/h2-17,28,30,32,35H,18-21H2,1H3,(H,33,36)/t28-,30+,32+/m0/s1. The Morgan fingerprint density at radius 2 is 1.70 bits per heavy atom. The van der Waals surface area contributed by atoms with Crippen molar-refractivity contribution in [3.05, 3.63) is 125 Å². The Hall–Kier alpha value is -3.69. The van der Waals surface area contributed by atoms with Crippen LogP contribution in [-0.2, 0) is 27.4 Å². The van der Waals surface area contributed by atoms with E-state index in [1.807, 2.05) is 84.9 Å². The van der Waals surface area contributed by atoms with E-state index >= 15 is 0 Å². The molecule has 0 saturated carbocycles. The van der Waals surface area contributed by atoms with Crippen molar-refractivity contribution in [3.8, 4) is 11.1 Å². The number of nitrogens with one attached hydrogen (secondary N) is 1. The van der Waals surface area contributed by atoms with Gasteiger partial charge in [0.15, 0.2) is 12.5 Å². The predicted molar refractivity (Wildman–Crippen MR) is 154 cm³/mol. The smallest absolute Gasteiger partial charge is 0.251 e. The van der Waals surface area contributed by atoms with E-state index in [9.17, 15) is 15.1 Å². The van der Waals surface area contributed by atoms with Crippen LogP contribution >= 0.6 is 11.8 Å². The van der Waals surface area contributed by atoms with Gasteiger partial charge in [-0.2, -0.15) is 4.73 Å². The monoisotopic (exact) mass is 556 g/mol. The number of benzene rings is 3. The summed E-state index contributed by atoms with van der Waals surface area (Å²) in [7, 11) is 0. The van der Waals surface area contributed by atoms with Gasteiger partial charge in [-0.1, -0.05) is 84.6 Å². The fraction of sp³-hybridized carbons (Fsp3) is 0.250. The first-order chi connectivity index (χ1) is 19.5. The van der Waals surface area contributed by atoms with Gasteiger partial charge in [-0.25, -0.2) is 0 Å². The van der Waals surface area contributed by atoms with Crippen LogP contribution in [-0.4, -0.2) is 22.9 Å². The molecule has 2 heterocycles. The van der Waals surface area contributed by atoms with Gasteiger partial charge in [0.25, 0.3) is 5.03 Å². The van der Waals surface area contributed by atoms with E-state index in [0.29, 0.717) is 23.7 Å². The Labute approximate surface area is 238 Å². The lowest BCUT2D eigenvalue weighted by Gasteiger charge is -2.36. The van der Waals surface area contributed by atoms with Crippen molar-refractivity contribution in [3.63, 3.8) is 0 Å². The Kier molecular flexibility index (Phi) is 9.13. The molecule has 1 aliphatic rings. The molecule has 40 heavy (non-hydrogen) atoms. The molecule has 0 aliphatic carbocycles. The van der Waals surface area contributed by atoms with Gasteiger partial charge in [0.2, 0.25) is 5.91 Å². The van der Waals surface area contributed by atoms with Crippen molar-refractivity contribution in [2.24, 2.45) is 0 Å². The minimum atomic E-state index is -0.583. The van der Waals surface area contributed by atoms with Gasteiger partial charge in [0, 0.05) is 43.3 Å². The second kappa shape index (κ2) is 13.1. The number of rotatable bonds is 9. The number of aromatic nitrogens is 1. The van der Waals surface area contributed by atoms with Gasteiger partial charge in [-0.15, -0.1) is 0 Å². The third kappa shape index (κ3) is 6.89. The third-order valence-electron chi connectivity index (χ3n) is 6.86. The van der Waals surface area contributed by atoms with E-state index in [-0.39, 0.29) is 24.7 Å². The van der Waals surface area contributed by atoms with Crippen LogP contribution in [0.5, 0.6) is 0 Å². The maximum atomic E-state index is 12.2. The number of pyridine rings is 1. The van der Waals surface area contributed by atoms with E-state index in [1.165, 1.54) is 24.9 Å². The average Bonchev–Trinajstić information content (AvgIpc) is 3.00. The van der Waals surface area contributed by atoms with Gasteiger partial charge in [-0.05, 0) is 33.9 Å². The van der Waals surface area contributed by atoms with Crippen LogP contribution in [0.4, 0.5) is 0 Å². The molecule has 1 saturated heterocycles. The Balaban J connectivity index is 1.36. The summed E-state index contributed by atoms with van der Waals surface area (Å²) in [5.74, 6) is 0.536. The maximum Gasteiger partial charge on any atom is 0.251 e. The zero-order chi connectivity index (χ0) is 27.9. The van der Waals surface area contributed by atoms with E-state index in [2.05, 4.69) is 5.32 Å². The van der Waals surface area contributed by atoms with Crippen LogP contribution in [0.25, 0.3) is 11.1 Å². The topological polar surface area (TPSA) is 94.7 Å². The summed E-state index contributed by atoms with van der Waals surface area (Å²) in [6.07, 6.45) is 1.20. The van der Waals surface area contributed by atoms with E-state index < -0.39 is 6.29 Å². The molecular weight excluding hydrogens is 524 g/mol. The number of ether oxygens (including phenoxy) is 2. The molecule has 206 valence electrons. The van der Waals surface area contributed by atoms with Gasteiger partial charge in [-0.3, -0.25) is 4.79 Å². The van der Waals surface area contributed by atoms with Gasteiger partial charge < -0.3 is 25.1 Å². The fourth-order valence-electron chi connectivity index (χ4n) is 4.72. The fourth-order valence-corrected chi connectivity index (χ4v) is 5.66. The normalized spacial score (nSPS) is 18.8. The molecule has 1 amide bonds. The molecule has 1 fully saturated rings. The SMILES string of the molecule is CC(=O)NCc1ccccc1-c1ccc([C@@H]2O[C@H](CSc3cccc[n+]3[O-])C[C@H](c3ccc(CO)cc3)O2)cc1. The molecule has 1 aliphatic heterocycles. The van der Waals surface area contributed by atoms with Crippen molar-refractivity contribution >= 4 is 17.7 Å². The Morgan fingerprint density at radius 3 is 2.42 bits per heavy atom. The summed E-state index contributed by atoms with van der Waals surface area (Å²) < 4.78 is 13.8. The molecular formula is C32H32N2O5S. The van der Waals surface area contributed by atoms with Crippen molar-refractivity contribution in [1.29, 1.82) is 0 Å². The summed E-state index contributed by atoms with van der Waals surface area (Å²) in [5.41, 5.74) is 5.88. The number of carbonyl (C=O) groups excluding carboxylic acids is 1. The van der Waals surface area contributed by atoms with E-state index in [4.69, 9.17) is 9.47 Å². The van der Waals surface area contributed by atoms with Gasteiger partial charge in [0.05, 0.1) is 18.8 Å². The number of amides is 1. The number of carbonyl (C=O) groups is 1. The lowest BCUT2D eigenvalue weighted by atomic mass is 9.98. The minimum Gasteiger partial charge on any atom is -0.618 e. The predicted octanol–water partition coefficient (Wildman–Crippen LogP) is 5.45. The van der Waals surface area contributed by atoms with Crippen LogP contribution in [0.2, 0.25) is 0 Å². The second-order valence-electron chi connectivity index (χ2n) is 9.71. The first kappa shape index (κ1) is 27.9. The first-order valence-corrected chi connectivity index (χ1v) is 14.2. The second-order valence-corrected chi connectivity index (χ2v) is 10.8. The lowest BCUT2D eigenvalue weighted by Crippen LogP contribution is -2.32. The highest BCUT2D eigenvalue weighted by Gasteiger charge is 2.32. The zero-order valence-corrected chi connectivity index (χ0v) is 23.1. The molecule has 0 spiro atoms. The van der Waals surface area contributed by atoms with Crippen LogP contribution in [0.15, 0.2) is 102 Å². The number of thioether (sulfide) groups is 1. The number of aliphatic hydroxyl groups is 1. The molecule has 0 bridgehead atoms. The summed E-state index contributed by atoms with van der Waals surface area (Å²) >= 11 is 1.47. The quantitative estimate of drug-likeness (QED) is 0.162. The molecule has 1 aromatic heterocycles. The summed E-state index contributed by atoms with van der Waals surface area (Å²) in [5, 5.41) is 25.1. The van der Waals surface area contributed by atoms with Gasteiger partial charge >= 0.3 is 0 Å². The van der Waals surface area contributed by atoms with E-state index in [0.717, 1.165) is 38.1 Å². The minimum absolute atomic E-state index is 0.0105. The van der Waals surface area contributed by atoms with Crippen molar-refractivity contribution in [1.82, 2.24) is 5.32 Å². The molecule has 0 radical (unpaired) electrons. The summed E-state index contributed by atoms with van der Waals surface area (Å²) in [6.45, 7) is 1.96. The molecule has 2 N–H and O–H groups in total. The average molecular weight is 557 g/mol. The van der Waals surface area contributed by atoms with Crippen LogP contribution in [0, 0.1) is 5.21 Å². The van der Waals surface area contributed by atoms with Crippen molar-refractivity contribution < 1.29 is 24.1 Å². The highest BCUT2D eigenvalue weighted by atomic mass is 32.2. The molecule has 3 atom stereocenters. The summed E-state index contributed by atoms with van der Waals surface area (Å²) in [4.78, 5) is 11.4. The zero-order valence-electron chi connectivity index (χ0n) is 22.2. The van der Waals surface area contributed by atoms with Crippen molar-refractivity contribution in [2.45, 2.75) is 50.0 Å². The van der Waals surface area contributed by atoms with Crippen LogP contribution in [0.1, 0.15) is 48.0 Å². The maximum absolute atomic E-state index is 12.2. The Bertz CT molecular complexity index is 1430. The lowest BCUT2D eigenvalue weighted by molar-refractivity contribution is -0.645. The first-order valence-electron chi connectivity index (χ1n) is 13.2. The largest absolute Gasteiger partial charge is 0.618 e. The number of nitrogens with zero attached hydrogens (tertiary/aromatic N) is 1. The van der Waals surface area contributed by atoms with Gasteiger partial charge in [0.1, 0.15) is 0 Å². The molecule has 4 aromatic rings. The number of hydrogen-bond acceptors (Lipinski definition) is 6. The summed E-state index contributed by atoms with van der Waals surface area (Å²) in [6, 6.07) is 29.3. The van der Waals surface area contributed by atoms with E-state index in [1.54, 1.807) is 6.07 Å².